The van der Waals surface area contributed by atoms with Crippen molar-refractivity contribution >= 4 is 0 Å². The van der Waals surface area contributed by atoms with Gasteiger partial charge in [0.15, 0.2) is 0 Å². The van der Waals surface area contributed by atoms with Gasteiger partial charge in [-0.1, -0.05) is 13.8 Å². The highest BCUT2D eigenvalue weighted by atomic mass is 16.5. The number of nitrogens with one attached hydrogen (secondary N) is 1. The van der Waals surface area contributed by atoms with Crippen molar-refractivity contribution in [3.05, 3.63) is 0 Å². The molecule has 1 unspecified atom stereocenters. The lowest BCUT2D eigenvalue weighted by molar-refractivity contribution is -0.140. The third-order valence-electron chi connectivity index (χ3n) is 6.48. The minimum absolute atomic E-state index is 0.366. The van der Waals surface area contributed by atoms with Crippen LogP contribution in [0.15, 0.2) is 0 Å². The summed E-state index contributed by atoms with van der Waals surface area (Å²) in [5.41, 5.74) is 0.366. The van der Waals surface area contributed by atoms with Gasteiger partial charge in [0.1, 0.15) is 0 Å². The maximum atomic E-state index is 6.10. The smallest absolute Gasteiger partial charge is 0.0654 e. The van der Waals surface area contributed by atoms with E-state index in [1.165, 1.54) is 32.1 Å². The maximum absolute atomic E-state index is 6.10. The van der Waals surface area contributed by atoms with E-state index in [2.05, 4.69) is 19.2 Å². The van der Waals surface area contributed by atoms with Crippen molar-refractivity contribution in [2.24, 2.45) is 29.6 Å². The van der Waals surface area contributed by atoms with Crippen molar-refractivity contribution in [1.29, 1.82) is 0 Å². The molecule has 1 spiro atoms. The van der Waals surface area contributed by atoms with Crippen molar-refractivity contribution in [3.8, 4) is 0 Å². The maximum Gasteiger partial charge on any atom is 0.0654 e. The Balaban J connectivity index is 1.55. The molecule has 0 radical (unpaired) electrons. The van der Waals surface area contributed by atoms with E-state index in [0.717, 1.165) is 42.8 Å². The van der Waals surface area contributed by atoms with E-state index in [1.54, 1.807) is 6.42 Å². The molecular formula is C17H29NO. The average molecular weight is 263 g/mol. The highest BCUT2D eigenvalue weighted by Crippen LogP contribution is 2.58. The predicted molar refractivity (Wildman–Crippen MR) is 77.0 cm³/mol. The van der Waals surface area contributed by atoms with E-state index in [4.69, 9.17) is 4.74 Å². The second kappa shape index (κ2) is 4.46. The summed E-state index contributed by atoms with van der Waals surface area (Å²) >= 11 is 0. The van der Waals surface area contributed by atoms with Crippen LogP contribution in [0, 0.1) is 29.6 Å². The summed E-state index contributed by atoms with van der Waals surface area (Å²) in [5.74, 6) is 4.71. The molecule has 5 rings (SSSR count). The standard InChI is InChI=1S/C17H29NO/c1-11(2)3-16-9-19-10-17(18-16)14-5-12-4-13(7-14)8-15(17)6-12/h11-16,18H,3-10H2,1-2H3. The van der Waals surface area contributed by atoms with E-state index in [9.17, 15) is 0 Å². The topological polar surface area (TPSA) is 21.3 Å². The van der Waals surface area contributed by atoms with E-state index >= 15 is 0 Å². The predicted octanol–water partition coefficient (Wildman–Crippen LogP) is 3.22. The molecule has 0 aromatic rings. The monoisotopic (exact) mass is 263 g/mol. The Morgan fingerprint density at radius 2 is 1.68 bits per heavy atom. The zero-order valence-corrected chi connectivity index (χ0v) is 12.5. The van der Waals surface area contributed by atoms with E-state index < -0.39 is 0 Å². The first-order valence-corrected chi connectivity index (χ1v) is 8.51. The molecule has 5 fully saturated rings. The van der Waals surface area contributed by atoms with Gasteiger partial charge in [-0.25, -0.2) is 0 Å². The average Bonchev–Trinajstić information content (AvgIpc) is 2.35. The molecule has 1 saturated heterocycles. The van der Waals surface area contributed by atoms with Crippen LogP contribution in [-0.4, -0.2) is 24.8 Å². The number of hydrogen-bond acceptors (Lipinski definition) is 2. The second-order valence-electron chi connectivity index (χ2n) is 8.33. The van der Waals surface area contributed by atoms with E-state index in [0.29, 0.717) is 11.6 Å². The molecule has 108 valence electrons. The molecule has 4 aliphatic carbocycles. The summed E-state index contributed by atoms with van der Waals surface area (Å²) in [6.07, 6.45) is 8.75. The van der Waals surface area contributed by atoms with Crippen LogP contribution < -0.4 is 5.32 Å². The van der Waals surface area contributed by atoms with Gasteiger partial charge >= 0.3 is 0 Å². The second-order valence-corrected chi connectivity index (χ2v) is 8.33. The van der Waals surface area contributed by atoms with Gasteiger partial charge in [0, 0.05) is 11.6 Å². The van der Waals surface area contributed by atoms with Crippen LogP contribution in [0.4, 0.5) is 0 Å². The Kier molecular flexibility index (Phi) is 2.97. The fourth-order valence-electron chi connectivity index (χ4n) is 6.03. The Hall–Kier alpha value is -0.0800. The minimum atomic E-state index is 0.366. The normalized spacial score (nSPS) is 52.3. The lowest BCUT2D eigenvalue weighted by Gasteiger charge is -2.63. The Bertz CT molecular complexity index is 323. The number of morpholine rings is 1. The molecule has 2 heteroatoms. The van der Waals surface area contributed by atoms with Gasteiger partial charge in [-0.2, -0.15) is 0 Å². The number of rotatable bonds is 2. The van der Waals surface area contributed by atoms with Crippen LogP contribution in [0.3, 0.4) is 0 Å². The number of hydrogen-bond donors (Lipinski definition) is 1. The van der Waals surface area contributed by atoms with Crippen molar-refractivity contribution in [2.75, 3.05) is 13.2 Å². The summed E-state index contributed by atoms with van der Waals surface area (Å²) in [6, 6.07) is 0.603. The summed E-state index contributed by atoms with van der Waals surface area (Å²) in [6.45, 7) is 6.60. The summed E-state index contributed by atoms with van der Waals surface area (Å²) in [5, 5.41) is 4.12. The molecule has 4 bridgehead atoms. The highest BCUT2D eigenvalue weighted by molar-refractivity contribution is 5.13. The first-order chi connectivity index (χ1) is 9.15. The molecule has 4 saturated carbocycles. The molecule has 19 heavy (non-hydrogen) atoms. The summed E-state index contributed by atoms with van der Waals surface area (Å²) in [4.78, 5) is 0. The molecule has 1 atom stereocenters. The van der Waals surface area contributed by atoms with Crippen molar-refractivity contribution < 1.29 is 4.74 Å². The molecule has 1 heterocycles. The quantitative estimate of drug-likeness (QED) is 0.826. The van der Waals surface area contributed by atoms with Gasteiger partial charge in [-0.3, -0.25) is 0 Å². The lowest BCUT2D eigenvalue weighted by atomic mass is 9.48. The van der Waals surface area contributed by atoms with Gasteiger partial charge in [-0.05, 0) is 68.1 Å². The van der Waals surface area contributed by atoms with Gasteiger partial charge in [0.05, 0.1) is 13.2 Å². The molecular weight excluding hydrogens is 234 g/mol. The third kappa shape index (κ3) is 1.98. The first-order valence-electron chi connectivity index (χ1n) is 8.51. The zero-order chi connectivity index (χ0) is 13.0. The van der Waals surface area contributed by atoms with Crippen LogP contribution >= 0.6 is 0 Å². The van der Waals surface area contributed by atoms with Crippen LogP contribution in [0.1, 0.15) is 52.4 Å². The molecule has 1 aliphatic heterocycles. The van der Waals surface area contributed by atoms with Crippen LogP contribution in [0.5, 0.6) is 0 Å². The number of ether oxygens (including phenoxy) is 1. The molecule has 0 aromatic heterocycles. The fraction of sp³-hybridized carbons (Fsp3) is 1.00. The van der Waals surface area contributed by atoms with Crippen LogP contribution in [0.2, 0.25) is 0 Å². The first kappa shape index (κ1) is 12.6. The van der Waals surface area contributed by atoms with E-state index in [1.807, 2.05) is 0 Å². The SMILES string of the molecule is CC(C)CC1COCC2(N1)C1CC3CC(C1)CC2C3. The lowest BCUT2D eigenvalue weighted by Crippen LogP contribution is -2.71. The van der Waals surface area contributed by atoms with Gasteiger partial charge in [0.2, 0.25) is 0 Å². The molecule has 1 N–H and O–H groups in total. The Labute approximate surface area is 117 Å². The van der Waals surface area contributed by atoms with E-state index in [-0.39, 0.29) is 0 Å². The van der Waals surface area contributed by atoms with Crippen LogP contribution in [0.25, 0.3) is 0 Å². The van der Waals surface area contributed by atoms with Crippen molar-refractivity contribution in [2.45, 2.75) is 64.0 Å². The van der Waals surface area contributed by atoms with Crippen molar-refractivity contribution in [3.63, 3.8) is 0 Å². The molecule has 5 aliphatic rings. The summed E-state index contributed by atoms with van der Waals surface area (Å²) in [7, 11) is 0. The van der Waals surface area contributed by atoms with Crippen LogP contribution in [-0.2, 0) is 4.74 Å². The fourth-order valence-corrected chi connectivity index (χ4v) is 6.03. The van der Waals surface area contributed by atoms with Gasteiger partial charge in [-0.15, -0.1) is 0 Å². The zero-order valence-electron chi connectivity index (χ0n) is 12.5. The largest absolute Gasteiger partial charge is 0.378 e. The molecule has 0 amide bonds. The van der Waals surface area contributed by atoms with Gasteiger partial charge in [0.25, 0.3) is 0 Å². The Morgan fingerprint density at radius 3 is 2.26 bits per heavy atom. The molecule has 2 nitrogen and oxygen atoms in total. The minimum Gasteiger partial charge on any atom is -0.378 e. The summed E-state index contributed by atoms with van der Waals surface area (Å²) < 4.78 is 6.10. The Morgan fingerprint density at radius 1 is 1.05 bits per heavy atom. The highest BCUT2D eigenvalue weighted by Gasteiger charge is 2.58. The van der Waals surface area contributed by atoms with Crippen molar-refractivity contribution in [1.82, 2.24) is 5.32 Å². The molecule has 0 aromatic carbocycles. The van der Waals surface area contributed by atoms with Gasteiger partial charge < -0.3 is 10.1 Å². The third-order valence-corrected chi connectivity index (χ3v) is 6.48.